The number of nitrogens with two attached hydrogens (primary N) is 1. The van der Waals surface area contributed by atoms with Gasteiger partial charge in [-0.2, -0.15) is 0 Å². The summed E-state index contributed by atoms with van der Waals surface area (Å²) in [5.41, 5.74) is 13.4. The summed E-state index contributed by atoms with van der Waals surface area (Å²) in [7, 11) is 5.84. The van der Waals surface area contributed by atoms with Crippen LogP contribution in [-0.2, 0) is 0 Å². The molecular formula is C29H32N4O. The maximum absolute atomic E-state index is 5.85. The first-order chi connectivity index (χ1) is 16.5. The minimum Gasteiger partial charge on any atom is -0.497 e. The Morgan fingerprint density at radius 1 is 0.559 bits per heavy atom. The number of methoxy groups -OCH3 is 1. The number of anilines is 7. The first kappa shape index (κ1) is 23.1. The Morgan fingerprint density at radius 2 is 0.882 bits per heavy atom. The summed E-state index contributed by atoms with van der Waals surface area (Å²) in [6.45, 7) is 3.03. The van der Waals surface area contributed by atoms with E-state index >= 15 is 0 Å². The number of hydrogen-bond donors (Lipinski definition) is 1. The molecule has 4 rings (SSSR count). The fourth-order valence-corrected chi connectivity index (χ4v) is 4.03. The van der Waals surface area contributed by atoms with Gasteiger partial charge in [0.15, 0.2) is 0 Å². The van der Waals surface area contributed by atoms with Crippen LogP contribution in [0.4, 0.5) is 39.8 Å². The lowest BCUT2D eigenvalue weighted by Crippen LogP contribution is -2.16. The molecule has 2 N–H and O–H groups in total. The highest BCUT2D eigenvalue weighted by Gasteiger charge is 2.10. The summed E-state index contributed by atoms with van der Waals surface area (Å²) in [5, 5.41) is 0. The Hall–Kier alpha value is -4.12. The predicted molar refractivity (Wildman–Crippen MR) is 146 cm³/mol. The van der Waals surface area contributed by atoms with Gasteiger partial charge in [0.1, 0.15) is 5.75 Å². The Kier molecular flexibility index (Phi) is 6.93. The molecule has 34 heavy (non-hydrogen) atoms. The molecule has 0 aliphatic rings. The van der Waals surface area contributed by atoms with Crippen molar-refractivity contribution >= 4 is 39.8 Å². The number of ether oxygens (including phenoxy) is 1. The van der Waals surface area contributed by atoms with Gasteiger partial charge in [0.2, 0.25) is 0 Å². The highest BCUT2D eigenvalue weighted by Crippen LogP contribution is 2.32. The minimum absolute atomic E-state index is 0.776. The number of nitrogens with zero attached hydrogens (tertiary/aromatic N) is 3. The summed E-state index contributed by atoms with van der Waals surface area (Å²) in [4.78, 5) is 6.63. The van der Waals surface area contributed by atoms with Crippen molar-refractivity contribution in [3.8, 4) is 5.75 Å². The Bertz CT molecular complexity index is 1190. The van der Waals surface area contributed by atoms with Gasteiger partial charge in [0, 0.05) is 60.5 Å². The quantitative estimate of drug-likeness (QED) is 0.292. The van der Waals surface area contributed by atoms with Gasteiger partial charge in [-0.3, -0.25) is 0 Å². The fourth-order valence-electron chi connectivity index (χ4n) is 4.03. The molecule has 0 radical (unpaired) electrons. The van der Waals surface area contributed by atoms with E-state index in [2.05, 4.69) is 109 Å². The van der Waals surface area contributed by atoms with Gasteiger partial charge in [-0.25, -0.2) is 0 Å². The largest absolute Gasteiger partial charge is 0.497 e. The molecule has 0 unspecified atom stereocenters. The van der Waals surface area contributed by atoms with Crippen molar-refractivity contribution in [2.75, 3.05) is 48.2 Å². The van der Waals surface area contributed by atoms with E-state index in [0.29, 0.717) is 0 Å². The summed E-state index contributed by atoms with van der Waals surface area (Å²) in [5.74, 6) is 0.857. The van der Waals surface area contributed by atoms with Crippen molar-refractivity contribution < 1.29 is 4.74 Å². The summed E-state index contributed by atoms with van der Waals surface area (Å²) in [6, 6.07) is 33.3. The average molecular weight is 453 g/mol. The van der Waals surface area contributed by atoms with Crippen molar-refractivity contribution in [3.63, 3.8) is 0 Å². The molecule has 5 nitrogen and oxygen atoms in total. The molecule has 4 aromatic carbocycles. The third-order valence-electron chi connectivity index (χ3n) is 6.15. The highest BCUT2D eigenvalue weighted by atomic mass is 16.5. The fraction of sp³-hybridized carbons (Fsp3) is 0.172. The SMILES string of the molecule is CCN(c1ccc(N)cc1)c1ccc(N(C)c2ccc(N(C)c3ccc(OC)cc3)cc2)cc1. The van der Waals surface area contributed by atoms with Crippen LogP contribution in [0.5, 0.6) is 5.75 Å². The zero-order valence-corrected chi connectivity index (χ0v) is 20.3. The standard InChI is InChI=1S/C29H32N4O/c1-5-33(27-8-6-22(30)7-9-27)28-16-14-25(15-17-28)31(2)23-10-12-24(13-11-23)32(3)26-18-20-29(34-4)21-19-26/h6-21H,5,30H2,1-4H3. The van der Waals surface area contributed by atoms with Gasteiger partial charge in [0.05, 0.1) is 7.11 Å². The van der Waals surface area contributed by atoms with Crippen molar-refractivity contribution in [2.45, 2.75) is 6.92 Å². The lowest BCUT2D eigenvalue weighted by molar-refractivity contribution is 0.415. The van der Waals surface area contributed by atoms with Crippen LogP contribution in [0.2, 0.25) is 0 Å². The van der Waals surface area contributed by atoms with Gasteiger partial charge in [-0.1, -0.05) is 0 Å². The summed E-state index contributed by atoms with van der Waals surface area (Å²) in [6.07, 6.45) is 0. The Balaban J connectivity index is 1.48. The van der Waals surface area contributed by atoms with Gasteiger partial charge < -0.3 is 25.2 Å². The molecule has 5 heteroatoms. The van der Waals surface area contributed by atoms with E-state index in [1.165, 1.54) is 0 Å². The van der Waals surface area contributed by atoms with Crippen molar-refractivity contribution in [3.05, 3.63) is 97.1 Å². The normalized spacial score (nSPS) is 10.6. The molecule has 0 heterocycles. The maximum Gasteiger partial charge on any atom is 0.119 e. The summed E-state index contributed by atoms with van der Waals surface area (Å²) >= 11 is 0. The van der Waals surface area contributed by atoms with E-state index in [1.54, 1.807) is 7.11 Å². The van der Waals surface area contributed by atoms with Gasteiger partial charge in [-0.05, 0) is 104 Å². The zero-order valence-electron chi connectivity index (χ0n) is 20.3. The number of rotatable bonds is 8. The Labute approximate surface area is 202 Å². The van der Waals surface area contributed by atoms with E-state index in [-0.39, 0.29) is 0 Å². The molecule has 0 saturated heterocycles. The van der Waals surface area contributed by atoms with E-state index < -0.39 is 0 Å². The molecule has 0 spiro atoms. The van der Waals surface area contributed by atoms with Crippen LogP contribution in [0, 0.1) is 0 Å². The molecular weight excluding hydrogens is 420 g/mol. The van der Waals surface area contributed by atoms with Crippen molar-refractivity contribution in [1.29, 1.82) is 0 Å². The van der Waals surface area contributed by atoms with E-state index in [0.717, 1.165) is 52.1 Å². The second-order valence-electron chi connectivity index (χ2n) is 8.18. The summed E-state index contributed by atoms with van der Waals surface area (Å²) < 4.78 is 5.26. The molecule has 4 aromatic rings. The lowest BCUT2D eigenvalue weighted by Gasteiger charge is -2.26. The van der Waals surface area contributed by atoms with Crippen LogP contribution in [-0.4, -0.2) is 27.7 Å². The number of benzene rings is 4. The second-order valence-corrected chi connectivity index (χ2v) is 8.18. The molecule has 0 saturated carbocycles. The third-order valence-corrected chi connectivity index (χ3v) is 6.15. The van der Waals surface area contributed by atoms with Gasteiger partial charge in [0.25, 0.3) is 0 Å². The Morgan fingerprint density at radius 3 is 1.24 bits per heavy atom. The third kappa shape index (κ3) is 4.94. The molecule has 0 aromatic heterocycles. The zero-order chi connectivity index (χ0) is 24.1. The predicted octanol–water partition coefficient (Wildman–Crippen LogP) is 6.97. The highest BCUT2D eigenvalue weighted by molar-refractivity contribution is 5.71. The number of hydrogen-bond acceptors (Lipinski definition) is 5. The maximum atomic E-state index is 5.85. The molecule has 0 atom stereocenters. The molecule has 0 amide bonds. The molecule has 174 valence electrons. The van der Waals surface area contributed by atoms with Gasteiger partial charge >= 0.3 is 0 Å². The topological polar surface area (TPSA) is 45.0 Å². The van der Waals surface area contributed by atoms with Crippen LogP contribution in [0.15, 0.2) is 97.1 Å². The minimum atomic E-state index is 0.776. The molecule has 0 aliphatic heterocycles. The van der Waals surface area contributed by atoms with Crippen molar-refractivity contribution in [1.82, 2.24) is 0 Å². The van der Waals surface area contributed by atoms with Crippen LogP contribution >= 0.6 is 0 Å². The van der Waals surface area contributed by atoms with Gasteiger partial charge in [-0.15, -0.1) is 0 Å². The molecule has 0 bridgehead atoms. The van der Waals surface area contributed by atoms with E-state index in [9.17, 15) is 0 Å². The number of nitrogen functional groups attached to an aromatic ring is 1. The molecule has 0 aliphatic carbocycles. The molecule has 0 fully saturated rings. The van der Waals surface area contributed by atoms with E-state index in [1.807, 2.05) is 24.3 Å². The van der Waals surface area contributed by atoms with E-state index in [4.69, 9.17) is 10.5 Å². The first-order valence-corrected chi connectivity index (χ1v) is 11.4. The van der Waals surface area contributed by atoms with Crippen LogP contribution in [0.25, 0.3) is 0 Å². The monoisotopic (exact) mass is 452 g/mol. The van der Waals surface area contributed by atoms with Crippen LogP contribution < -0.4 is 25.2 Å². The van der Waals surface area contributed by atoms with Crippen LogP contribution in [0.3, 0.4) is 0 Å². The smallest absolute Gasteiger partial charge is 0.119 e. The first-order valence-electron chi connectivity index (χ1n) is 11.4. The average Bonchev–Trinajstić information content (AvgIpc) is 2.90. The van der Waals surface area contributed by atoms with Crippen LogP contribution in [0.1, 0.15) is 6.92 Å². The lowest BCUT2D eigenvalue weighted by atomic mass is 10.2. The second kappa shape index (κ2) is 10.2. The van der Waals surface area contributed by atoms with Crippen molar-refractivity contribution in [2.24, 2.45) is 0 Å².